The molecule has 0 bridgehead atoms. The zero-order chi connectivity index (χ0) is 13.8. The quantitative estimate of drug-likeness (QED) is 0.863. The smallest absolute Gasteiger partial charge is 0.119 e. The maximum Gasteiger partial charge on any atom is 0.119 e. The highest BCUT2D eigenvalue weighted by atomic mass is 16.5. The molecule has 1 fully saturated rings. The molecule has 2 aromatic carbocycles. The number of benzene rings is 2. The van der Waals surface area contributed by atoms with Crippen LogP contribution in [0.5, 0.6) is 5.75 Å². The Morgan fingerprint density at radius 3 is 2.50 bits per heavy atom. The highest BCUT2D eigenvalue weighted by Crippen LogP contribution is 2.47. The lowest BCUT2D eigenvalue weighted by Crippen LogP contribution is -2.10. The Kier molecular flexibility index (Phi) is 4.03. The molecular formula is C18H21NO. The summed E-state index contributed by atoms with van der Waals surface area (Å²) in [6, 6.07) is 18.9. The van der Waals surface area contributed by atoms with E-state index in [4.69, 9.17) is 4.74 Å². The summed E-state index contributed by atoms with van der Waals surface area (Å²) in [6.45, 7) is 1.75. The van der Waals surface area contributed by atoms with E-state index in [2.05, 4.69) is 41.7 Å². The number of rotatable bonds is 6. The minimum atomic E-state index is 0.631. The van der Waals surface area contributed by atoms with Crippen molar-refractivity contribution in [3.05, 3.63) is 65.7 Å². The summed E-state index contributed by atoms with van der Waals surface area (Å²) in [5.41, 5.74) is 2.64. The average Bonchev–Trinajstić information content (AvgIpc) is 3.27. The number of hydrogen-bond acceptors (Lipinski definition) is 2. The molecule has 0 spiro atoms. The van der Waals surface area contributed by atoms with E-state index in [0.29, 0.717) is 6.61 Å². The lowest BCUT2D eigenvalue weighted by Gasteiger charge is -2.07. The summed E-state index contributed by atoms with van der Waals surface area (Å²) in [5, 5.41) is 3.25. The molecule has 0 saturated heterocycles. The molecule has 20 heavy (non-hydrogen) atoms. The first-order chi connectivity index (χ1) is 9.86. The van der Waals surface area contributed by atoms with Crippen molar-refractivity contribution in [1.29, 1.82) is 0 Å². The summed E-state index contributed by atoms with van der Waals surface area (Å²) in [4.78, 5) is 0. The van der Waals surface area contributed by atoms with Crippen molar-refractivity contribution in [1.82, 2.24) is 5.32 Å². The zero-order valence-corrected chi connectivity index (χ0v) is 11.9. The Balaban J connectivity index is 1.54. The molecule has 2 aromatic rings. The van der Waals surface area contributed by atoms with Gasteiger partial charge in [0.2, 0.25) is 0 Å². The molecule has 0 heterocycles. The number of nitrogens with one attached hydrogen (secondary N) is 1. The van der Waals surface area contributed by atoms with Gasteiger partial charge in [-0.05, 0) is 55.1 Å². The number of hydrogen-bond donors (Lipinski definition) is 1. The van der Waals surface area contributed by atoms with E-state index in [-0.39, 0.29) is 0 Å². The average molecular weight is 267 g/mol. The number of ether oxygens (including phenoxy) is 1. The third-order valence-electron chi connectivity index (χ3n) is 3.95. The molecule has 2 unspecified atom stereocenters. The van der Waals surface area contributed by atoms with E-state index < -0.39 is 0 Å². The summed E-state index contributed by atoms with van der Waals surface area (Å²) in [6.07, 6.45) is 1.31. The third-order valence-corrected chi connectivity index (χ3v) is 3.95. The van der Waals surface area contributed by atoms with Crippen LogP contribution in [0.1, 0.15) is 23.5 Å². The maximum absolute atomic E-state index is 5.81. The molecule has 2 nitrogen and oxygen atoms in total. The molecule has 1 aliphatic carbocycles. The Hall–Kier alpha value is -1.80. The molecule has 0 aromatic heterocycles. The highest BCUT2D eigenvalue weighted by Gasteiger charge is 2.37. The van der Waals surface area contributed by atoms with Gasteiger partial charge in [0.15, 0.2) is 0 Å². The third kappa shape index (κ3) is 3.20. The van der Waals surface area contributed by atoms with E-state index in [0.717, 1.165) is 24.1 Å². The maximum atomic E-state index is 5.81. The molecule has 2 heteroatoms. The fourth-order valence-corrected chi connectivity index (χ4v) is 2.70. The fraction of sp³-hybridized carbons (Fsp3) is 0.333. The largest absolute Gasteiger partial charge is 0.489 e. The lowest BCUT2D eigenvalue weighted by molar-refractivity contribution is 0.306. The molecule has 1 N–H and O–H groups in total. The van der Waals surface area contributed by atoms with Crippen LogP contribution in [0.15, 0.2) is 54.6 Å². The van der Waals surface area contributed by atoms with Crippen LogP contribution in [0, 0.1) is 5.92 Å². The molecular weight excluding hydrogens is 246 g/mol. The second kappa shape index (κ2) is 6.10. The van der Waals surface area contributed by atoms with Gasteiger partial charge in [-0.1, -0.05) is 42.5 Å². The van der Waals surface area contributed by atoms with Crippen LogP contribution >= 0.6 is 0 Å². The van der Waals surface area contributed by atoms with E-state index in [1.807, 2.05) is 25.2 Å². The fourth-order valence-electron chi connectivity index (χ4n) is 2.70. The van der Waals surface area contributed by atoms with Crippen LogP contribution in [0.2, 0.25) is 0 Å². The summed E-state index contributed by atoms with van der Waals surface area (Å²) in [5.74, 6) is 2.50. The van der Waals surface area contributed by atoms with E-state index >= 15 is 0 Å². The topological polar surface area (TPSA) is 21.3 Å². The van der Waals surface area contributed by atoms with Gasteiger partial charge in [0.25, 0.3) is 0 Å². The van der Waals surface area contributed by atoms with Gasteiger partial charge in [-0.2, -0.15) is 0 Å². The molecule has 3 rings (SSSR count). The minimum Gasteiger partial charge on any atom is -0.489 e. The van der Waals surface area contributed by atoms with Crippen molar-refractivity contribution in [3.63, 3.8) is 0 Å². The van der Waals surface area contributed by atoms with Gasteiger partial charge in [-0.15, -0.1) is 0 Å². The zero-order valence-electron chi connectivity index (χ0n) is 11.9. The van der Waals surface area contributed by atoms with Gasteiger partial charge in [0.1, 0.15) is 12.4 Å². The Morgan fingerprint density at radius 1 is 1.05 bits per heavy atom. The molecule has 104 valence electrons. The lowest BCUT2D eigenvalue weighted by atomic mass is 10.1. The van der Waals surface area contributed by atoms with Crippen molar-refractivity contribution >= 4 is 0 Å². The second-order valence-corrected chi connectivity index (χ2v) is 5.50. The molecule has 0 radical (unpaired) electrons. The van der Waals surface area contributed by atoms with Crippen LogP contribution in [-0.2, 0) is 6.61 Å². The minimum absolute atomic E-state index is 0.631. The van der Waals surface area contributed by atoms with Gasteiger partial charge in [0.05, 0.1) is 0 Å². The van der Waals surface area contributed by atoms with Crippen LogP contribution in [-0.4, -0.2) is 13.6 Å². The summed E-state index contributed by atoms with van der Waals surface area (Å²) < 4.78 is 5.81. The van der Waals surface area contributed by atoms with Gasteiger partial charge >= 0.3 is 0 Å². The summed E-state index contributed by atoms with van der Waals surface area (Å²) >= 11 is 0. The second-order valence-electron chi connectivity index (χ2n) is 5.50. The standard InChI is InChI=1S/C18H21NO/c1-19-12-16-11-18(16)15-7-9-17(10-8-15)20-13-14-5-3-2-4-6-14/h2-10,16,18-19H,11-13H2,1H3. The predicted octanol–water partition coefficient (Wildman–Crippen LogP) is 3.59. The van der Waals surface area contributed by atoms with Crippen LogP contribution in [0.3, 0.4) is 0 Å². The normalized spacial score (nSPS) is 20.6. The molecule has 1 saturated carbocycles. The van der Waals surface area contributed by atoms with Crippen LogP contribution in [0.4, 0.5) is 0 Å². The van der Waals surface area contributed by atoms with Gasteiger partial charge < -0.3 is 10.1 Å². The van der Waals surface area contributed by atoms with Crippen molar-refractivity contribution in [2.75, 3.05) is 13.6 Å². The van der Waals surface area contributed by atoms with Crippen LogP contribution < -0.4 is 10.1 Å². The Labute approximate surface area is 120 Å². The molecule has 0 aliphatic heterocycles. The van der Waals surface area contributed by atoms with Crippen molar-refractivity contribution in [2.45, 2.75) is 18.9 Å². The van der Waals surface area contributed by atoms with Crippen LogP contribution in [0.25, 0.3) is 0 Å². The van der Waals surface area contributed by atoms with E-state index in [1.54, 1.807) is 0 Å². The highest BCUT2D eigenvalue weighted by molar-refractivity contribution is 5.33. The van der Waals surface area contributed by atoms with Gasteiger partial charge in [-0.3, -0.25) is 0 Å². The first kappa shape index (κ1) is 13.2. The van der Waals surface area contributed by atoms with Crippen molar-refractivity contribution in [3.8, 4) is 5.75 Å². The Bertz CT molecular complexity index is 535. The monoisotopic (exact) mass is 267 g/mol. The van der Waals surface area contributed by atoms with E-state index in [1.165, 1.54) is 17.5 Å². The predicted molar refractivity (Wildman–Crippen MR) is 82.0 cm³/mol. The summed E-state index contributed by atoms with van der Waals surface area (Å²) in [7, 11) is 2.02. The van der Waals surface area contributed by atoms with Gasteiger partial charge in [-0.25, -0.2) is 0 Å². The first-order valence-corrected chi connectivity index (χ1v) is 7.28. The molecule has 1 aliphatic rings. The van der Waals surface area contributed by atoms with Crippen molar-refractivity contribution in [2.24, 2.45) is 5.92 Å². The van der Waals surface area contributed by atoms with Crippen molar-refractivity contribution < 1.29 is 4.74 Å². The Morgan fingerprint density at radius 2 is 1.80 bits per heavy atom. The molecule has 0 amide bonds. The van der Waals surface area contributed by atoms with Gasteiger partial charge in [0, 0.05) is 0 Å². The molecule has 2 atom stereocenters. The van der Waals surface area contributed by atoms with E-state index in [9.17, 15) is 0 Å². The SMILES string of the molecule is CNCC1CC1c1ccc(OCc2ccccc2)cc1. The first-order valence-electron chi connectivity index (χ1n) is 7.28.